The van der Waals surface area contributed by atoms with Crippen LogP contribution in [-0.4, -0.2) is 55.0 Å². The summed E-state index contributed by atoms with van der Waals surface area (Å²) in [5.41, 5.74) is -1.64. The van der Waals surface area contributed by atoms with Crippen LogP contribution in [0.2, 0.25) is 0 Å². The largest absolute Gasteiger partial charge is 0.467 e. The number of carbonyl (C=O) groups is 1. The fourth-order valence-corrected chi connectivity index (χ4v) is 2.08. The van der Waals surface area contributed by atoms with Crippen molar-refractivity contribution >= 4 is 5.97 Å². The van der Waals surface area contributed by atoms with Crippen LogP contribution < -0.4 is 0 Å². The molecule has 0 spiro atoms. The van der Waals surface area contributed by atoms with Crippen molar-refractivity contribution in [3.8, 4) is 0 Å². The van der Waals surface area contributed by atoms with Gasteiger partial charge < -0.3 is 24.4 Å². The number of ether oxygens (including phenoxy) is 3. The van der Waals surface area contributed by atoms with E-state index in [-0.39, 0.29) is 18.9 Å². The molecule has 1 aliphatic rings. The molecule has 0 aromatic carbocycles. The third-order valence-corrected chi connectivity index (χ3v) is 3.32. The lowest BCUT2D eigenvalue weighted by Gasteiger charge is -2.32. The fraction of sp³-hybridized carbons (Fsp3) is 0.917. The van der Waals surface area contributed by atoms with Crippen LogP contribution >= 0.6 is 0 Å². The minimum Gasteiger partial charge on any atom is -0.467 e. The first kappa shape index (κ1) is 15.4. The van der Waals surface area contributed by atoms with Crippen LogP contribution in [0.5, 0.6) is 0 Å². The lowest BCUT2D eigenvalue weighted by atomic mass is 9.82. The number of aliphatic hydroxyl groups excluding tert-OH is 1. The molecular formula is C12H22O6. The van der Waals surface area contributed by atoms with Gasteiger partial charge in [0, 0.05) is 13.0 Å². The van der Waals surface area contributed by atoms with Crippen molar-refractivity contribution < 1.29 is 29.2 Å². The maximum atomic E-state index is 11.8. The summed E-state index contributed by atoms with van der Waals surface area (Å²) in [6.45, 7) is 2.71. The van der Waals surface area contributed by atoms with Crippen molar-refractivity contribution in [3.63, 3.8) is 0 Å². The zero-order valence-corrected chi connectivity index (χ0v) is 10.9. The summed E-state index contributed by atoms with van der Waals surface area (Å²) in [5, 5.41) is 19.3. The molecule has 0 radical (unpaired) electrons. The van der Waals surface area contributed by atoms with Crippen molar-refractivity contribution in [2.24, 2.45) is 5.92 Å². The molecule has 1 fully saturated rings. The van der Waals surface area contributed by atoms with Crippen molar-refractivity contribution in [1.82, 2.24) is 0 Å². The van der Waals surface area contributed by atoms with E-state index in [4.69, 9.17) is 14.6 Å². The van der Waals surface area contributed by atoms with Gasteiger partial charge in [0.2, 0.25) is 0 Å². The summed E-state index contributed by atoms with van der Waals surface area (Å²) >= 11 is 0. The molecule has 0 aliphatic carbocycles. The molecule has 0 bridgehead atoms. The van der Waals surface area contributed by atoms with Gasteiger partial charge in [0.1, 0.15) is 0 Å². The van der Waals surface area contributed by atoms with Gasteiger partial charge in [-0.25, -0.2) is 4.79 Å². The summed E-state index contributed by atoms with van der Waals surface area (Å²) in [6, 6.07) is 0. The predicted octanol–water partition coefficient (Wildman–Crippen LogP) is 0.0621. The number of hydrogen-bond acceptors (Lipinski definition) is 6. The Balaban J connectivity index is 2.69. The summed E-state index contributed by atoms with van der Waals surface area (Å²) in [5.74, 6) is -1.03. The molecule has 6 heteroatoms. The zero-order chi connectivity index (χ0) is 13.6. The average molecular weight is 262 g/mol. The Hall–Kier alpha value is -0.690. The van der Waals surface area contributed by atoms with Crippen molar-refractivity contribution in [3.05, 3.63) is 0 Å². The van der Waals surface area contributed by atoms with Gasteiger partial charge in [0.25, 0.3) is 0 Å². The van der Waals surface area contributed by atoms with Crippen molar-refractivity contribution in [2.75, 3.05) is 26.9 Å². The average Bonchev–Trinajstić information content (AvgIpc) is 2.87. The number of rotatable bonds is 7. The van der Waals surface area contributed by atoms with Gasteiger partial charge in [-0.3, -0.25) is 0 Å². The Morgan fingerprint density at radius 2 is 2.11 bits per heavy atom. The highest BCUT2D eigenvalue weighted by Crippen LogP contribution is 2.30. The Kier molecular flexibility index (Phi) is 6.01. The van der Waals surface area contributed by atoms with Gasteiger partial charge in [0.05, 0.1) is 20.3 Å². The molecule has 0 saturated carbocycles. The molecule has 0 aromatic heterocycles. The van der Waals surface area contributed by atoms with E-state index in [1.54, 1.807) is 6.92 Å². The Bertz CT molecular complexity index is 263. The molecule has 2 N–H and O–H groups in total. The molecule has 1 saturated heterocycles. The lowest BCUT2D eigenvalue weighted by Crippen LogP contribution is -2.48. The summed E-state index contributed by atoms with van der Waals surface area (Å²) in [4.78, 5) is 11.8. The highest BCUT2D eigenvalue weighted by molar-refractivity contribution is 5.79. The highest BCUT2D eigenvalue weighted by Gasteiger charge is 2.45. The summed E-state index contributed by atoms with van der Waals surface area (Å²) < 4.78 is 15.2. The Labute approximate surface area is 107 Å². The SMILES string of the molecule is COC(=O)[C@@](O)(CC1OCCO1)[C@H](C)CCCO. The number of hydrogen-bond donors (Lipinski definition) is 2. The van der Waals surface area contributed by atoms with E-state index in [1.165, 1.54) is 7.11 Å². The Morgan fingerprint density at radius 1 is 1.50 bits per heavy atom. The van der Waals surface area contributed by atoms with Crippen molar-refractivity contribution in [2.45, 2.75) is 38.1 Å². The number of esters is 1. The topological polar surface area (TPSA) is 85.2 Å². The molecule has 1 heterocycles. The zero-order valence-electron chi connectivity index (χ0n) is 10.9. The van der Waals surface area contributed by atoms with Crippen LogP contribution in [0.4, 0.5) is 0 Å². The van der Waals surface area contributed by atoms with Gasteiger partial charge >= 0.3 is 5.97 Å². The third kappa shape index (κ3) is 3.65. The quantitative estimate of drug-likeness (QED) is 0.631. The standard InChI is InChI=1S/C12H22O6/c1-9(4-3-5-13)12(15,11(14)16-2)8-10-17-6-7-18-10/h9-10,13,15H,3-8H2,1-2H3/t9-,12-/m1/s1. The molecule has 106 valence electrons. The fourth-order valence-electron chi connectivity index (χ4n) is 2.08. The first-order valence-electron chi connectivity index (χ1n) is 6.19. The molecule has 6 nitrogen and oxygen atoms in total. The molecule has 2 atom stereocenters. The van der Waals surface area contributed by atoms with Crippen LogP contribution in [0.15, 0.2) is 0 Å². The van der Waals surface area contributed by atoms with E-state index in [0.717, 1.165) is 0 Å². The van der Waals surface area contributed by atoms with Gasteiger partial charge in [-0.05, 0) is 18.8 Å². The van der Waals surface area contributed by atoms with E-state index in [1.807, 2.05) is 0 Å². The van der Waals surface area contributed by atoms with Gasteiger partial charge in [0.15, 0.2) is 11.9 Å². The van der Waals surface area contributed by atoms with E-state index < -0.39 is 17.9 Å². The Morgan fingerprint density at radius 3 is 2.61 bits per heavy atom. The lowest BCUT2D eigenvalue weighted by molar-refractivity contribution is -0.181. The number of carbonyl (C=O) groups excluding carboxylic acids is 1. The minimum absolute atomic E-state index is 0.0258. The van der Waals surface area contributed by atoms with Crippen molar-refractivity contribution in [1.29, 1.82) is 0 Å². The minimum atomic E-state index is -1.64. The molecule has 18 heavy (non-hydrogen) atoms. The molecule has 0 amide bonds. The van der Waals surface area contributed by atoms with Crippen LogP contribution in [-0.2, 0) is 19.0 Å². The first-order valence-corrected chi connectivity index (χ1v) is 6.19. The van der Waals surface area contributed by atoms with E-state index in [0.29, 0.717) is 26.1 Å². The monoisotopic (exact) mass is 262 g/mol. The maximum absolute atomic E-state index is 11.8. The predicted molar refractivity (Wildman–Crippen MR) is 62.8 cm³/mol. The van der Waals surface area contributed by atoms with Gasteiger partial charge in [-0.1, -0.05) is 6.92 Å². The molecule has 1 rings (SSSR count). The van der Waals surface area contributed by atoms with E-state index in [9.17, 15) is 9.90 Å². The first-order chi connectivity index (χ1) is 8.54. The normalized spacial score (nSPS) is 21.6. The highest BCUT2D eigenvalue weighted by atomic mass is 16.7. The van der Waals surface area contributed by atoms with Gasteiger partial charge in [-0.15, -0.1) is 0 Å². The van der Waals surface area contributed by atoms with Crippen LogP contribution in [0.1, 0.15) is 26.2 Å². The maximum Gasteiger partial charge on any atom is 0.338 e. The second kappa shape index (κ2) is 7.04. The van der Waals surface area contributed by atoms with Crippen LogP contribution in [0, 0.1) is 5.92 Å². The molecule has 0 aromatic rings. The second-order valence-electron chi connectivity index (χ2n) is 4.56. The molecule has 0 unspecified atom stereocenters. The van der Waals surface area contributed by atoms with E-state index >= 15 is 0 Å². The number of aliphatic hydroxyl groups is 2. The van der Waals surface area contributed by atoms with Gasteiger partial charge in [-0.2, -0.15) is 0 Å². The van der Waals surface area contributed by atoms with E-state index in [2.05, 4.69) is 4.74 Å². The number of methoxy groups -OCH3 is 1. The van der Waals surface area contributed by atoms with Crippen LogP contribution in [0.25, 0.3) is 0 Å². The second-order valence-corrected chi connectivity index (χ2v) is 4.56. The summed E-state index contributed by atoms with van der Waals surface area (Å²) in [6.07, 6.45) is 0.513. The molecule has 1 aliphatic heterocycles. The summed E-state index contributed by atoms with van der Waals surface area (Å²) in [7, 11) is 1.24. The third-order valence-electron chi connectivity index (χ3n) is 3.32. The van der Waals surface area contributed by atoms with Crippen LogP contribution in [0.3, 0.4) is 0 Å². The molecular weight excluding hydrogens is 240 g/mol. The smallest absolute Gasteiger partial charge is 0.338 e.